The molecule has 0 heterocycles. The zero-order chi connectivity index (χ0) is 10.1. The predicted octanol–water partition coefficient (Wildman–Crippen LogP) is 2.84. The number of allylic oxidation sites excluding steroid dienone is 1. The van der Waals surface area contributed by atoms with Crippen LogP contribution in [-0.4, -0.2) is 10.9 Å². The molecule has 0 aromatic rings. The van der Waals surface area contributed by atoms with Gasteiger partial charge in [0.1, 0.15) is 0 Å². The summed E-state index contributed by atoms with van der Waals surface area (Å²) < 4.78 is 0. The Balaban J connectivity index is 2.71. The standard InChI is InChI=1S/C11H18O2/c1-11(2,3)9-4-5-10(13)8(6-9)7-12/h7,9,12H,4-6H2,1-3H3/b8-7+. The summed E-state index contributed by atoms with van der Waals surface area (Å²) in [6.45, 7) is 6.55. The van der Waals surface area contributed by atoms with Crippen LogP contribution in [0.5, 0.6) is 0 Å². The summed E-state index contributed by atoms with van der Waals surface area (Å²) in [5.74, 6) is 0.631. The first-order valence-electron chi connectivity index (χ1n) is 4.81. The van der Waals surface area contributed by atoms with Crippen molar-refractivity contribution in [2.75, 3.05) is 0 Å². The topological polar surface area (TPSA) is 37.3 Å². The molecule has 0 radical (unpaired) electrons. The summed E-state index contributed by atoms with van der Waals surface area (Å²) >= 11 is 0. The summed E-state index contributed by atoms with van der Waals surface area (Å²) in [4.78, 5) is 11.3. The van der Waals surface area contributed by atoms with Gasteiger partial charge >= 0.3 is 0 Å². The van der Waals surface area contributed by atoms with Gasteiger partial charge in [-0.2, -0.15) is 0 Å². The molecule has 1 N–H and O–H groups in total. The Morgan fingerprint density at radius 3 is 2.54 bits per heavy atom. The largest absolute Gasteiger partial charge is 0.515 e. The number of hydrogen-bond donors (Lipinski definition) is 1. The van der Waals surface area contributed by atoms with Gasteiger partial charge in [0.15, 0.2) is 5.78 Å². The first kappa shape index (κ1) is 10.3. The van der Waals surface area contributed by atoms with Crippen molar-refractivity contribution in [1.82, 2.24) is 0 Å². The minimum Gasteiger partial charge on any atom is -0.515 e. The Labute approximate surface area is 79.6 Å². The monoisotopic (exact) mass is 182 g/mol. The van der Waals surface area contributed by atoms with Crippen LogP contribution in [0.25, 0.3) is 0 Å². The molecule has 1 unspecified atom stereocenters. The van der Waals surface area contributed by atoms with E-state index in [-0.39, 0.29) is 11.2 Å². The number of aliphatic hydroxyl groups is 1. The van der Waals surface area contributed by atoms with Crippen molar-refractivity contribution in [3.63, 3.8) is 0 Å². The van der Waals surface area contributed by atoms with Crippen molar-refractivity contribution in [2.24, 2.45) is 11.3 Å². The van der Waals surface area contributed by atoms with E-state index in [0.29, 0.717) is 17.9 Å². The molecule has 2 heteroatoms. The molecule has 0 spiro atoms. The van der Waals surface area contributed by atoms with E-state index in [9.17, 15) is 4.79 Å². The Morgan fingerprint density at radius 1 is 1.46 bits per heavy atom. The number of ketones is 1. The molecule has 1 rings (SSSR count). The van der Waals surface area contributed by atoms with Gasteiger partial charge in [0.25, 0.3) is 0 Å². The van der Waals surface area contributed by atoms with E-state index in [1.807, 2.05) is 0 Å². The minimum absolute atomic E-state index is 0.114. The lowest BCUT2D eigenvalue weighted by atomic mass is 9.71. The molecule has 1 atom stereocenters. The van der Waals surface area contributed by atoms with Crippen LogP contribution < -0.4 is 0 Å². The van der Waals surface area contributed by atoms with Gasteiger partial charge in [0.05, 0.1) is 6.26 Å². The van der Waals surface area contributed by atoms with Crippen LogP contribution in [-0.2, 0) is 4.79 Å². The van der Waals surface area contributed by atoms with E-state index in [2.05, 4.69) is 20.8 Å². The normalized spacial score (nSPS) is 28.1. The van der Waals surface area contributed by atoms with E-state index in [4.69, 9.17) is 5.11 Å². The maximum atomic E-state index is 11.3. The molecular weight excluding hydrogens is 164 g/mol. The lowest BCUT2D eigenvalue weighted by molar-refractivity contribution is -0.117. The van der Waals surface area contributed by atoms with E-state index >= 15 is 0 Å². The van der Waals surface area contributed by atoms with Crippen molar-refractivity contribution >= 4 is 5.78 Å². The second-order valence-electron chi connectivity index (χ2n) is 4.88. The van der Waals surface area contributed by atoms with Gasteiger partial charge in [-0.25, -0.2) is 0 Å². The van der Waals surface area contributed by atoms with Crippen LogP contribution in [0, 0.1) is 11.3 Å². The Kier molecular flexibility index (Phi) is 2.79. The third-order valence-electron chi connectivity index (χ3n) is 2.92. The van der Waals surface area contributed by atoms with Gasteiger partial charge in [-0.05, 0) is 24.2 Å². The third-order valence-corrected chi connectivity index (χ3v) is 2.92. The van der Waals surface area contributed by atoms with Gasteiger partial charge in [0.2, 0.25) is 0 Å². The molecule has 1 fully saturated rings. The Bertz CT molecular complexity index is 233. The van der Waals surface area contributed by atoms with Crippen LogP contribution in [0.1, 0.15) is 40.0 Å². The molecule has 13 heavy (non-hydrogen) atoms. The first-order chi connectivity index (χ1) is 5.95. The molecule has 74 valence electrons. The summed E-state index contributed by atoms with van der Waals surface area (Å²) in [5, 5.41) is 8.86. The number of hydrogen-bond acceptors (Lipinski definition) is 2. The van der Waals surface area contributed by atoms with Crippen molar-refractivity contribution in [3.8, 4) is 0 Å². The van der Waals surface area contributed by atoms with Gasteiger partial charge in [-0.1, -0.05) is 20.8 Å². The molecule has 2 nitrogen and oxygen atoms in total. The fraction of sp³-hybridized carbons (Fsp3) is 0.727. The molecule has 0 aromatic carbocycles. The number of Topliss-reactive ketones (excluding diaryl/α,β-unsaturated/α-hetero) is 1. The summed E-state index contributed by atoms with van der Waals surface area (Å²) in [6, 6.07) is 0. The molecule has 1 aliphatic carbocycles. The van der Waals surface area contributed by atoms with Crippen LogP contribution in [0.15, 0.2) is 11.8 Å². The maximum absolute atomic E-state index is 11.3. The molecule has 0 bridgehead atoms. The minimum atomic E-state index is 0.114. The highest BCUT2D eigenvalue weighted by atomic mass is 16.2. The molecule has 0 amide bonds. The van der Waals surface area contributed by atoms with Crippen LogP contribution in [0.2, 0.25) is 0 Å². The van der Waals surface area contributed by atoms with Gasteiger partial charge < -0.3 is 5.11 Å². The highest BCUT2D eigenvalue weighted by molar-refractivity contribution is 5.95. The zero-order valence-corrected chi connectivity index (χ0v) is 8.63. The van der Waals surface area contributed by atoms with Crippen molar-refractivity contribution in [3.05, 3.63) is 11.8 Å². The van der Waals surface area contributed by atoms with Crippen molar-refractivity contribution in [2.45, 2.75) is 40.0 Å². The number of rotatable bonds is 0. The van der Waals surface area contributed by atoms with Crippen LogP contribution in [0.4, 0.5) is 0 Å². The zero-order valence-electron chi connectivity index (χ0n) is 8.63. The van der Waals surface area contributed by atoms with E-state index in [1.54, 1.807) is 0 Å². The van der Waals surface area contributed by atoms with E-state index in [0.717, 1.165) is 19.1 Å². The summed E-state index contributed by atoms with van der Waals surface area (Å²) in [7, 11) is 0. The highest BCUT2D eigenvalue weighted by Gasteiger charge is 2.31. The molecule has 0 saturated heterocycles. The van der Waals surface area contributed by atoms with Crippen molar-refractivity contribution in [1.29, 1.82) is 0 Å². The van der Waals surface area contributed by atoms with Crippen LogP contribution >= 0.6 is 0 Å². The highest BCUT2D eigenvalue weighted by Crippen LogP contribution is 2.38. The average molecular weight is 182 g/mol. The fourth-order valence-corrected chi connectivity index (χ4v) is 1.81. The van der Waals surface area contributed by atoms with Gasteiger partial charge in [-0.15, -0.1) is 0 Å². The third kappa shape index (κ3) is 2.33. The second-order valence-corrected chi connectivity index (χ2v) is 4.88. The van der Waals surface area contributed by atoms with Gasteiger partial charge in [-0.3, -0.25) is 4.79 Å². The molecule has 0 aliphatic heterocycles. The lowest BCUT2D eigenvalue weighted by Gasteiger charge is -2.33. The molecule has 0 aromatic heterocycles. The fourth-order valence-electron chi connectivity index (χ4n) is 1.81. The average Bonchev–Trinajstić information content (AvgIpc) is 2.03. The summed E-state index contributed by atoms with van der Waals surface area (Å²) in [6.07, 6.45) is 3.27. The summed E-state index contributed by atoms with van der Waals surface area (Å²) in [5.41, 5.74) is 0.834. The SMILES string of the molecule is CC(C)(C)C1CCC(=O)/C(=C/O)C1. The maximum Gasteiger partial charge on any atom is 0.161 e. The smallest absolute Gasteiger partial charge is 0.161 e. The second kappa shape index (κ2) is 3.52. The van der Waals surface area contributed by atoms with E-state index in [1.165, 1.54) is 0 Å². The molecule has 1 saturated carbocycles. The molecule has 1 aliphatic rings. The lowest BCUT2D eigenvalue weighted by Crippen LogP contribution is -2.27. The van der Waals surface area contributed by atoms with Crippen molar-refractivity contribution < 1.29 is 9.90 Å². The number of carbonyl (C=O) groups is 1. The van der Waals surface area contributed by atoms with E-state index < -0.39 is 0 Å². The number of carbonyl (C=O) groups excluding carboxylic acids is 1. The quantitative estimate of drug-likeness (QED) is 0.462. The van der Waals surface area contributed by atoms with Crippen LogP contribution in [0.3, 0.4) is 0 Å². The first-order valence-corrected chi connectivity index (χ1v) is 4.81. The predicted molar refractivity (Wildman–Crippen MR) is 52.5 cm³/mol. The van der Waals surface area contributed by atoms with Gasteiger partial charge in [0, 0.05) is 12.0 Å². The Morgan fingerprint density at radius 2 is 2.08 bits per heavy atom. The molecular formula is C11H18O2. The number of aliphatic hydroxyl groups excluding tert-OH is 1. The Hall–Kier alpha value is -0.790.